The summed E-state index contributed by atoms with van der Waals surface area (Å²) < 4.78 is 0. The molecule has 0 saturated heterocycles. The molecular formula is C21H35N5O. The minimum Gasteiger partial charge on any atom is -0.382 e. The van der Waals surface area contributed by atoms with E-state index in [1.54, 1.807) is 0 Å². The first-order valence-corrected chi connectivity index (χ1v) is 9.59. The summed E-state index contributed by atoms with van der Waals surface area (Å²) in [5.74, 6) is 5.42. The van der Waals surface area contributed by atoms with Gasteiger partial charge in [0.2, 0.25) is 0 Å². The monoisotopic (exact) mass is 373 g/mol. The average molecular weight is 374 g/mol. The number of nitrogen functional groups attached to an aromatic ring is 1. The Labute approximate surface area is 163 Å². The number of aromatic nitrogens is 1. The molecular weight excluding hydrogens is 338 g/mol. The van der Waals surface area contributed by atoms with E-state index in [-0.39, 0.29) is 5.60 Å². The lowest BCUT2D eigenvalue weighted by Gasteiger charge is -2.18. The molecule has 1 heterocycles. The van der Waals surface area contributed by atoms with Crippen LogP contribution in [0.1, 0.15) is 53.0 Å². The number of para-hydroxylation sites is 1. The minimum absolute atomic E-state index is 0.139. The summed E-state index contributed by atoms with van der Waals surface area (Å²) >= 11 is 0. The maximum Gasteiger partial charge on any atom is 0.150 e. The number of nitrogens with two attached hydrogens (primary N) is 2. The highest BCUT2D eigenvalue weighted by atomic mass is 16.6. The van der Waals surface area contributed by atoms with E-state index >= 15 is 0 Å². The number of rotatable bonds is 7. The molecule has 0 amide bonds. The van der Waals surface area contributed by atoms with Crippen molar-refractivity contribution >= 4 is 28.1 Å². The van der Waals surface area contributed by atoms with Gasteiger partial charge < -0.3 is 11.1 Å². The largest absolute Gasteiger partial charge is 0.382 e. The first-order valence-electron chi connectivity index (χ1n) is 9.59. The molecule has 27 heavy (non-hydrogen) atoms. The van der Waals surface area contributed by atoms with E-state index in [1.165, 1.54) is 0 Å². The summed E-state index contributed by atoms with van der Waals surface area (Å²) in [6, 6.07) is 8.03. The van der Waals surface area contributed by atoms with E-state index in [0.29, 0.717) is 5.82 Å². The van der Waals surface area contributed by atoms with E-state index in [9.17, 15) is 0 Å². The van der Waals surface area contributed by atoms with Gasteiger partial charge in [-0.3, -0.25) is 9.83 Å². The zero-order chi connectivity index (χ0) is 20.4. The molecule has 1 aromatic heterocycles. The second-order valence-corrected chi connectivity index (χ2v) is 7.03. The summed E-state index contributed by atoms with van der Waals surface area (Å²) in [6.07, 6.45) is 1.85. The highest BCUT2D eigenvalue weighted by Gasteiger charge is 2.12. The third-order valence-electron chi connectivity index (χ3n) is 4.57. The molecule has 0 bridgehead atoms. The predicted molar refractivity (Wildman–Crippen MR) is 116 cm³/mol. The molecule has 150 valence electrons. The number of hydrogen-bond donors (Lipinski definition) is 3. The molecule has 6 heteroatoms. The van der Waals surface area contributed by atoms with E-state index in [1.807, 2.05) is 39.0 Å². The predicted octanol–water partition coefficient (Wildman–Crippen LogP) is 4.28. The Kier molecular flexibility index (Phi) is 9.35. The minimum atomic E-state index is -0.139. The van der Waals surface area contributed by atoms with Crippen molar-refractivity contribution in [2.24, 2.45) is 10.9 Å². The zero-order valence-electron chi connectivity index (χ0n) is 17.6. The van der Waals surface area contributed by atoms with Crippen molar-refractivity contribution in [3.05, 3.63) is 29.8 Å². The van der Waals surface area contributed by atoms with Crippen LogP contribution < -0.4 is 16.9 Å². The highest BCUT2D eigenvalue weighted by molar-refractivity contribution is 5.94. The van der Waals surface area contributed by atoms with Gasteiger partial charge >= 0.3 is 0 Å². The van der Waals surface area contributed by atoms with Crippen molar-refractivity contribution in [2.75, 3.05) is 18.8 Å². The second kappa shape index (κ2) is 11.0. The van der Waals surface area contributed by atoms with Crippen molar-refractivity contribution in [1.82, 2.24) is 10.3 Å². The molecule has 0 radical (unpaired) electrons. The summed E-state index contributed by atoms with van der Waals surface area (Å²) in [7, 11) is 0. The average Bonchev–Trinajstić information content (AvgIpc) is 2.68. The summed E-state index contributed by atoms with van der Waals surface area (Å²) in [4.78, 5) is 13.8. The number of aryl methyl sites for hydroxylation is 1. The maximum absolute atomic E-state index is 6.08. The number of nitrogens with zero attached hydrogens (tertiary/aromatic N) is 2. The molecule has 0 saturated carbocycles. The van der Waals surface area contributed by atoms with Crippen LogP contribution in [0.5, 0.6) is 0 Å². The smallest absolute Gasteiger partial charge is 0.150 e. The van der Waals surface area contributed by atoms with Crippen LogP contribution in [-0.2, 0) is 4.84 Å². The van der Waals surface area contributed by atoms with E-state index in [2.05, 4.69) is 42.0 Å². The molecule has 0 unspecified atom stereocenters. The number of nitrogens with one attached hydrogen (secondary N) is 1. The lowest BCUT2D eigenvalue weighted by atomic mass is 10.1. The van der Waals surface area contributed by atoms with Crippen LogP contribution in [-0.4, -0.2) is 29.4 Å². The molecule has 5 N–H and O–H groups in total. The first kappa shape index (κ1) is 23.0. The van der Waals surface area contributed by atoms with Crippen molar-refractivity contribution in [3.8, 4) is 0 Å². The van der Waals surface area contributed by atoms with Gasteiger partial charge in [0.25, 0.3) is 0 Å². The molecule has 0 atom stereocenters. The molecule has 0 aliphatic rings. The summed E-state index contributed by atoms with van der Waals surface area (Å²) in [6.45, 7) is 13.9. The van der Waals surface area contributed by atoms with Gasteiger partial charge in [0, 0.05) is 17.6 Å². The number of fused-ring (bicyclic) bond motifs is 1. The zero-order valence-corrected chi connectivity index (χ0v) is 17.6. The van der Waals surface area contributed by atoms with Gasteiger partial charge in [0.15, 0.2) is 0 Å². The van der Waals surface area contributed by atoms with Crippen LogP contribution >= 0.6 is 0 Å². The highest BCUT2D eigenvalue weighted by Crippen LogP contribution is 2.31. The Bertz CT molecular complexity index is 750. The number of pyridine rings is 1. The van der Waals surface area contributed by atoms with Crippen molar-refractivity contribution < 1.29 is 4.84 Å². The van der Waals surface area contributed by atoms with Crippen LogP contribution in [0.15, 0.2) is 29.3 Å². The standard InChI is InChI=1S/C16H22N4.C5H13NO/c1-4-12(10-18-5-2)19-15-11(3)13-8-6-7-9-14(13)20-16(15)17;1-4-5(2,3)7-6/h6-9,18H,4-5,10H2,1-3H3,(H2,17,20);4,6H2,1-3H3. The third kappa shape index (κ3) is 6.90. The second-order valence-electron chi connectivity index (χ2n) is 7.03. The fourth-order valence-electron chi connectivity index (χ4n) is 2.29. The molecule has 6 nitrogen and oxygen atoms in total. The Hall–Kier alpha value is -2.02. The molecule has 2 rings (SSSR count). The maximum atomic E-state index is 6.08. The molecule has 0 fully saturated rings. The van der Waals surface area contributed by atoms with Crippen molar-refractivity contribution in [3.63, 3.8) is 0 Å². The fourth-order valence-corrected chi connectivity index (χ4v) is 2.29. The van der Waals surface area contributed by atoms with E-state index in [4.69, 9.17) is 16.6 Å². The molecule has 2 aromatic rings. The Morgan fingerprint density at radius 3 is 2.41 bits per heavy atom. The van der Waals surface area contributed by atoms with Crippen LogP contribution in [0, 0.1) is 6.92 Å². The van der Waals surface area contributed by atoms with Crippen LogP contribution in [0.25, 0.3) is 10.9 Å². The molecule has 0 aliphatic carbocycles. The van der Waals surface area contributed by atoms with E-state index in [0.717, 1.165) is 53.8 Å². The molecule has 0 aliphatic heterocycles. The summed E-state index contributed by atoms with van der Waals surface area (Å²) in [5, 5.41) is 4.41. The van der Waals surface area contributed by atoms with Crippen LogP contribution in [0.4, 0.5) is 11.5 Å². The SMILES string of the molecule is CCC(C)(C)ON.CCNCC(CC)=Nc1c(N)nc2ccccc2c1C. The first-order chi connectivity index (χ1) is 12.8. The van der Waals surface area contributed by atoms with Crippen molar-refractivity contribution in [1.29, 1.82) is 0 Å². The Morgan fingerprint density at radius 2 is 1.89 bits per heavy atom. The van der Waals surface area contributed by atoms with Gasteiger partial charge in [-0.25, -0.2) is 10.9 Å². The topological polar surface area (TPSA) is 98.5 Å². The lowest BCUT2D eigenvalue weighted by Crippen LogP contribution is -2.26. The van der Waals surface area contributed by atoms with Gasteiger partial charge in [-0.15, -0.1) is 0 Å². The van der Waals surface area contributed by atoms with Crippen molar-refractivity contribution in [2.45, 2.75) is 60.0 Å². The van der Waals surface area contributed by atoms with Gasteiger partial charge in [-0.05, 0) is 51.8 Å². The Morgan fingerprint density at radius 1 is 1.22 bits per heavy atom. The van der Waals surface area contributed by atoms with Gasteiger partial charge in [-0.2, -0.15) is 0 Å². The van der Waals surface area contributed by atoms with Crippen LogP contribution in [0.2, 0.25) is 0 Å². The lowest BCUT2D eigenvalue weighted by molar-refractivity contribution is -0.0217. The number of benzene rings is 1. The number of aliphatic imine (C=N–C) groups is 1. The number of anilines is 1. The summed E-state index contributed by atoms with van der Waals surface area (Å²) in [5.41, 5.74) is 9.86. The fraction of sp³-hybridized carbons (Fsp3) is 0.524. The normalized spacial score (nSPS) is 12.0. The van der Waals surface area contributed by atoms with Gasteiger partial charge in [0.1, 0.15) is 11.5 Å². The van der Waals surface area contributed by atoms with Gasteiger partial charge in [0.05, 0.1) is 11.1 Å². The third-order valence-corrected chi connectivity index (χ3v) is 4.57. The Balaban J connectivity index is 0.000000445. The van der Waals surface area contributed by atoms with Gasteiger partial charge in [-0.1, -0.05) is 39.0 Å². The molecule has 1 aromatic carbocycles. The van der Waals surface area contributed by atoms with E-state index < -0.39 is 0 Å². The quantitative estimate of drug-likeness (QED) is 0.497. The molecule has 0 spiro atoms. The number of hydrogen-bond acceptors (Lipinski definition) is 6. The van der Waals surface area contributed by atoms with Crippen LogP contribution in [0.3, 0.4) is 0 Å².